The van der Waals surface area contributed by atoms with Gasteiger partial charge in [0.1, 0.15) is 0 Å². The highest BCUT2D eigenvalue weighted by Gasteiger charge is 2.71. The van der Waals surface area contributed by atoms with E-state index in [0.29, 0.717) is 17.9 Å². The molecule has 0 aromatic rings. The van der Waals surface area contributed by atoms with Gasteiger partial charge >= 0.3 is 0 Å². The van der Waals surface area contributed by atoms with Crippen molar-refractivity contribution in [3.8, 4) is 0 Å². The van der Waals surface area contributed by atoms with Gasteiger partial charge in [-0.05, 0) is 39.8 Å². The molecular formula is C11H19NO2. The first-order chi connectivity index (χ1) is 6.56. The maximum absolute atomic E-state index is 9.82. The van der Waals surface area contributed by atoms with Gasteiger partial charge in [0, 0.05) is 12.0 Å². The van der Waals surface area contributed by atoms with Crippen molar-refractivity contribution in [1.29, 1.82) is 0 Å². The van der Waals surface area contributed by atoms with Gasteiger partial charge in [0.15, 0.2) is 0 Å². The molecule has 3 fully saturated rings. The van der Waals surface area contributed by atoms with E-state index in [1.54, 1.807) is 0 Å². The van der Waals surface area contributed by atoms with Gasteiger partial charge in [-0.15, -0.1) is 0 Å². The zero-order valence-corrected chi connectivity index (χ0v) is 9.10. The molecule has 1 saturated heterocycles. The molecule has 3 rings (SSSR count). The third-order valence-corrected chi connectivity index (χ3v) is 4.82. The molecule has 2 bridgehead atoms. The largest absolute Gasteiger partial charge is 0.390 e. The Kier molecular flexibility index (Phi) is 1.64. The highest BCUT2D eigenvalue weighted by atomic mass is 16.6. The summed E-state index contributed by atoms with van der Waals surface area (Å²) >= 11 is 0. The van der Waals surface area contributed by atoms with E-state index in [2.05, 4.69) is 25.9 Å². The quantitative estimate of drug-likeness (QED) is 0.698. The van der Waals surface area contributed by atoms with Crippen molar-refractivity contribution < 1.29 is 9.84 Å². The van der Waals surface area contributed by atoms with Gasteiger partial charge in [0.2, 0.25) is 0 Å². The first-order valence-corrected chi connectivity index (χ1v) is 5.58. The van der Waals surface area contributed by atoms with Gasteiger partial charge in [-0.25, -0.2) is 0 Å². The van der Waals surface area contributed by atoms with Crippen LogP contribution in [-0.4, -0.2) is 48.0 Å². The molecule has 1 N–H and O–H groups in total. The Hall–Kier alpha value is -0.120. The maximum atomic E-state index is 9.82. The Labute approximate surface area is 85.0 Å². The standard InChI is InChI=1S/C11H19NO2/c1-6(12(2)3)11-5-7-4-8(11)10(14-11)9(7)13/h6-10,13H,4-5H2,1-3H3/t6-,7-,8-,9-,10-,11+/m0/s1. The van der Waals surface area contributed by atoms with Crippen LogP contribution in [0.1, 0.15) is 19.8 Å². The number of aliphatic hydroxyl groups is 1. The molecule has 1 aliphatic heterocycles. The minimum atomic E-state index is -0.170. The SMILES string of the molecule is C[C@H](N(C)C)[C@]12C[C@@H]3C[C@H]1[C@H](O2)[C@H]3O. The average Bonchev–Trinajstić information content (AvgIpc) is 2.52. The number of hydrogen-bond acceptors (Lipinski definition) is 3. The van der Waals surface area contributed by atoms with Crippen LogP contribution < -0.4 is 0 Å². The number of rotatable bonds is 2. The van der Waals surface area contributed by atoms with Gasteiger partial charge < -0.3 is 14.7 Å². The molecular weight excluding hydrogens is 178 g/mol. The molecule has 0 radical (unpaired) electrons. The summed E-state index contributed by atoms with van der Waals surface area (Å²) in [6.45, 7) is 2.24. The van der Waals surface area contributed by atoms with Crippen LogP contribution in [0, 0.1) is 11.8 Å². The summed E-state index contributed by atoms with van der Waals surface area (Å²) in [7, 11) is 4.22. The molecule has 1 heterocycles. The number of likely N-dealkylation sites (N-methyl/N-ethyl adjacent to an activating group) is 1. The molecule has 80 valence electrons. The number of ether oxygens (including phenoxy) is 1. The van der Waals surface area contributed by atoms with Gasteiger partial charge in [-0.3, -0.25) is 0 Å². The summed E-state index contributed by atoms with van der Waals surface area (Å²) in [5.74, 6) is 1.14. The van der Waals surface area contributed by atoms with Gasteiger partial charge in [-0.2, -0.15) is 0 Å². The number of fused-ring (bicyclic) bond motifs is 1. The summed E-state index contributed by atoms with van der Waals surface area (Å²) in [6.07, 6.45) is 2.24. The van der Waals surface area contributed by atoms with Crippen LogP contribution in [0.2, 0.25) is 0 Å². The topological polar surface area (TPSA) is 32.7 Å². The maximum Gasteiger partial charge on any atom is 0.0901 e. The molecule has 3 heteroatoms. The average molecular weight is 197 g/mol. The van der Waals surface area contributed by atoms with Crippen molar-refractivity contribution in [2.75, 3.05) is 14.1 Å². The molecule has 0 aromatic carbocycles. The summed E-state index contributed by atoms with van der Waals surface area (Å²) in [5, 5.41) is 9.82. The molecule has 2 aliphatic carbocycles. The van der Waals surface area contributed by atoms with Gasteiger partial charge in [-0.1, -0.05) is 0 Å². The van der Waals surface area contributed by atoms with E-state index in [0.717, 1.165) is 6.42 Å². The Morgan fingerprint density at radius 1 is 1.50 bits per heavy atom. The lowest BCUT2D eigenvalue weighted by atomic mass is 9.70. The fourth-order valence-electron chi connectivity index (χ4n) is 3.83. The second-order valence-corrected chi connectivity index (χ2v) is 5.47. The molecule has 3 aliphatic rings. The Balaban J connectivity index is 1.85. The van der Waals surface area contributed by atoms with E-state index in [1.165, 1.54) is 6.42 Å². The van der Waals surface area contributed by atoms with Crippen molar-refractivity contribution in [1.82, 2.24) is 4.90 Å². The van der Waals surface area contributed by atoms with E-state index in [4.69, 9.17) is 4.74 Å². The lowest BCUT2D eigenvalue weighted by Crippen LogP contribution is -2.70. The Bertz CT molecular complexity index is 266. The van der Waals surface area contributed by atoms with Crippen molar-refractivity contribution in [3.05, 3.63) is 0 Å². The predicted molar refractivity (Wildman–Crippen MR) is 53.0 cm³/mol. The molecule has 0 spiro atoms. The van der Waals surface area contributed by atoms with Crippen LogP contribution in [0.25, 0.3) is 0 Å². The fourth-order valence-corrected chi connectivity index (χ4v) is 3.83. The zero-order chi connectivity index (χ0) is 10.1. The minimum Gasteiger partial charge on any atom is -0.390 e. The third kappa shape index (κ3) is 0.802. The van der Waals surface area contributed by atoms with Crippen LogP contribution in [0.4, 0.5) is 0 Å². The third-order valence-electron chi connectivity index (χ3n) is 4.82. The van der Waals surface area contributed by atoms with Crippen LogP contribution in [-0.2, 0) is 4.74 Å². The van der Waals surface area contributed by atoms with Crippen molar-refractivity contribution in [2.45, 2.75) is 43.6 Å². The zero-order valence-electron chi connectivity index (χ0n) is 9.10. The minimum absolute atomic E-state index is 0.0814. The highest BCUT2D eigenvalue weighted by molar-refractivity contribution is 5.21. The van der Waals surface area contributed by atoms with Crippen LogP contribution >= 0.6 is 0 Å². The van der Waals surface area contributed by atoms with E-state index in [1.807, 2.05) is 0 Å². The van der Waals surface area contributed by atoms with E-state index in [-0.39, 0.29) is 17.8 Å². The first kappa shape index (κ1) is 9.13. The van der Waals surface area contributed by atoms with Crippen molar-refractivity contribution >= 4 is 0 Å². The molecule has 2 saturated carbocycles. The molecule has 0 unspecified atom stereocenters. The second kappa shape index (κ2) is 2.52. The highest BCUT2D eigenvalue weighted by Crippen LogP contribution is 2.63. The predicted octanol–water partition coefficient (Wildman–Crippen LogP) is 0.475. The molecule has 0 aromatic heterocycles. The van der Waals surface area contributed by atoms with Crippen LogP contribution in [0.15, 0.2) is 0 Å². The summed E-state index contributed by atoms with van der Waals surface area (Å²) in [5.41, 5.74) is 0.0814. The van der Waals surface area contributed by atoms with E-state index < -0.39 is 0 Å². The lowest BCUT2D eigenvalue weighted by molar-refractivity contribution is -0.305. The van der Waals surface area contributed by atoms with Gasteiger partial charge in [0.05, 0.1) is 17.8 Å². The smallest absolute Gasteiger partial charge is 0.0901 e. The summed E-state index contributed by atoms with van der Waals surface area (Å²) in [6, 6.07) is 0.473. The Morgan fingerprint density at radius 3 is 2.64 bits per heavy atom. The second-order valence-electron chi connectivity index (χ2n) is 5.47. The lowest BCUT2D eigenvalue weighted by Gasteiger charge is -2.59. The first-order valence-electron chi connectivity index (χ1n) is 5.58. The monoisotopic (exact) mass is 197 g/mol. The number of nitrogens with zero attached hydrogens (tertiary/aromatic N) is 1. The molecule has 6 atom stereocenters. The van der Waals surface area contributed by atoms with Crippen LogP contribution in [0.3, 0.4) is 0 Å². The number of aliphatic hydroxyl groups excluding tert-OH is 1. The molecule has 0 amide bonds. The number of hydrogen-bond donors (Lipinski definition) is 1. The van der Waals surface area contributed by atoms with E-state index >= 15 is 0 Å². The molecule has 3 nitrogen and oxygen atoms in total. The van der Waals surface area contributed by atoms with Crippen molar-refractivity contribution in [2.24, 2.45) is 11.8 Å². The normalized spacial score (nSPS) is 56.4. The fraction of sp³-hybridized carbons (Fsp3) is 1.00. The van der Waals surface area contributed by atoms with Gasteiger partial charge in [0.25, 0.3) is 0 Å². The summed E-state index contributed by atoms with van der Waals surface area (Å²) < 4.78 is 5.96. The Morgan fingerprint density at radius 2 is 2.21 bits per heavy atom. The van der Waals surface area contributed by atoms with Crippen LogP contribution in [0.5, 0.6) is 0 Å². The molecule has 14 heavy (non-hydrogen) atoms. The van der Waals surface area contributed by atoms with Crippen molar-refractivity contribution in [3.63, 3.8) is 0 Å². The van der Waals surface area contributed by atoms with E-state index in [9.17, 15) is 5.11 Å². The summed E-state index contributed by atoms with van der Waals surface area (Å²) in [4.78, 5) is 2.24.